The summed E-state index contributed by atoms with van der Waals surface area (Å²) >= 11 is 0. The van der Waals surface area contributed by atoms with Crippen molar-refractivity contribution in [2.24, 2.45) is 17.3 Å². The standard InChI is InChI=1S/C24H40O3.2C2H6/c1-19-15-16-20(11-9-13-22(26-3)24(2)17-10-18-24)21(19)12-7-5-6-8-14-23(25)27-4;2*1-2/h5,7,20-22H,1,6,8-18H2,2-4H3;2*1-2H3/b7-5-;;/t20-,21-,22?;;/m0../s1. The summed E-state index contributed by atoms with van der Waals surface area (Å²) in [5.74, 6) is 1.31. The van der Waals surface area contributed by atoms with Crippen molar-refractivity contribution in [3.63, 3.8) is 0 Å². The lowest BCUT2D eigenvalue weighted by Gasteiger charge is -2.44. The van der Waals surface area contributed by atoms with Crippen molar-refractivity contribution in [1.29, 1.82) is 0 Å². The smallest absolute Gasteiger partial charge is 0.305 e. The van der Waals surface area contributed by atoms with Crippen molar-refractivity contribution in [2.45, 2.75) is 118 Å². The van der Waals surface area contributed by atoms with Gasteiger partial charge in [0.05, 0.1) is 13.2 Å². The summed E-state index contributed by atoms with van der Waals surface area (Å²) in [6.07, 6.45) is 18.7. The van der Waals surface area contributed by atoms with E-state index in [1.165, 1.54) is 64.0 Å². The van der Waals surface area contributed by atoms with E-state index in [-0.39, 0.29) is 5.97 Å². The number of ether oxygens (including phenoxy) is 2. The highest BCUT2D eigenvalue weighted by Crippen LogP contribution is 2.47. The Morgan fingerprint density at radius 3 is 2.39 bits per heavy atom. The summed E-state index contributed by atoms with van der Waals surface area (Å²) in [4.78, 5) is 11.1. The number of carbonyl (C=O) groups is 1. The second kappa shape index (κ2) is 17.5. The molecule has 2 aliphatic carbocycles. The molecule has 0 amide bonds. The predicted octanol–water partition coefficient (Wildman–Crippen LogP) is 8.29. The Bertz CT molecular complexity index is 504. The zero-order chi connectivity index (χ0) is 23.7. The maximum atomic E-state index is 11.1. The van der Waals surface area contributed by atoms with Gasteiger partial charge in [-0.15, -0.1) is 0 Å². The summed E-state index contributed by atoms with van der Waals surface area (Å²) < 4.78 is 10.5. The zero-order valence-corrected chi connectivity index (χ0v) is 21.8. The fourth-order valence-electron chi connectivity index (χ4n) is 5.00. The van der Waals surface area contributed by atoms with E-state index in [0.29, 0.717) is 23.9 Å². The van der Waals surface area contributed by atoms with E-state index >= 15 is 0 Å². The fourth-order valence-corrected chi connectivity index (χ4v) is 5.00. The molecular formula is C28H52O3. The third-order valence-corrected chi connectivity index (χ3v) is 7.06. The Hall–Kier alpha value is -1.09. The Labute approximate surface area is 194 Å². The van der Waals surface area contributed by atoms with Crippen LogP contribution in [-0.4, -0.2) is 26.3 Å². The van der Waals surface area contributed by atoms with E-state index in [1.54, 1.807) is 0 Å². The highest BCUT2D eigenvalue weighted by atomic mass is 16.5. The minimum Gasteiger partial charge on any atom is -0.469 e. The van der Waals surface area contributed by atoms with E-state index in [0.717, 1.165) is 25.2 Å². The molecule has 1 unspecified atom stereocenters. The molecule has 0 aromatic heterocycles. The van der Waals surface area contributed by atoms with Crippen molar-refractivity contribution in [3.05, 3.63) is 24.3 Å². The van der Waals surface area contributed by atoms with Crippen LogP contribution >= 0.6 is 0 Å². The van der Waals surface area contributed by atoms with Gasteiger partial charge in [0.1, 0.15) is 0 Å². The molecule has 0 radical (unpaired) electrons. The molecule has 182 valence electrons. The van der Waals surface area contributed by atoms with Gasteiger partial charge in [-0.3, -0.25) is 4.79 Å². The maximum Gasteiger partial charge on any atom is 0.305 e. The number of hydrogen-bond donors (Lipinski definition) is 0. The largest absolute Gasteiger partial charge is 0.469 e. The van der Waals surface area contributed by atoms with E-state index in [4.69, 9.17) is 4.74 Å². The Morgan fingerprint density at radius 1 is 1.16 bits per heavy atom. The van der Waals surface area contributed by atoms with Crippen LogP contribution in [0.1, 0.15) is 112 Å². The Kier molecular flexibility index (Phi) is 16.8. The number of allylic oxidation sites excluding steroid dienone is 3. The van der Waals surface area contributed by atoms with Crippen LogP contribution in [0.3, 0.4) is 0 Å². The van der Waals surface area contributed by atoms with Crippen molar-refractivity contribution >= 4 is 5.97 Å². The first-order valence-corrected chi connectivity index (χ1v) is 12.9. The molecule has 0 spiro atoms. The van der Waals surface area contributed by atoms with Gasteiger partial charge >= 0.3 is 5.97 Å². The van der Waals surface area contributed by atoms with Crippen LogP contribution in [0.25, 0.3) is 0 Å². The number of unbranched alkanes of at least 4 members (excludes halogenated alkanes) is 1. The molecule has 3 atom stereocenters. The van der Waals surface area contributed by atoms with Crippen LogP contribution in [0.5, 0.6) is 0 Å². The van der Waals surface area contributed by atoms with Gasteiger partial charge in [0.2, 0.25) is 0 Å². The normalized spacial score (nSPS) is 22.6. The average Bonchev–Trinajstić information content (AvgIpc) is 3.13. The number of methoxy groups -OCH3 is 2. The first-order chi connectivity index (χ1) is 15.0. The summed E-state index contributed by atoms with van der Waals surface area (Å²) in [6, 6.07) is 0. The number of esters is 1. The predicted molar refractivity (Wildman–Crippen MR) is 134 cm³/mol. The van der Waals surface area contributed by atoms with Crippen LogP contribution in [0.4, 0.5) is 0 Å². The zero-order valence-electron chi connectivity index (χ0n) is 21.8. The van der Waals surface area contributed by atoms with Gasteiger partial charge in [-0.05, 0) is 75.0 Å². The number of rotatable bonds is 12. The average molecular weight is 437 g/mol. The summed E-state index contributed by atoms with van der Waals surface area (Å²) in [6.45, 7) is 14.7. The molecule has 0 aliphatic heterocycles. The first-order valence-electron chi connectivity index (χ1n) is 12.9. The molecule has 0 N–H and O–H groups in total. The van der Waals surface area contributed by atoms with Gasteiger partial charge in [0.15, 0.2) is 0 Å². The van der Waals surface area contributed by atoms with Crippen molar-refractivity contribution in [2.75, 3.05) is 14.2 Å². The van der Waals surface area contributed by atoms with Gasteiger partial charge in [-0.1, -0.05) is 71.8 Å². The van der Waals surface area contributed by atoms with E-state index in [2.05, 4.69) is 30.4 Å². The molecule has 0 aromatic rings. The first kappa shape index (κ1) is 29.9. The van der Waals surface area contributed by atoms with Gasteiger partial charge in [-0.25, -0.2) is 0 Å². The third kappa shape index (κ3) is 10.4. The van der Waals surface area contributed by atoms with Crippen LogP contribution in [0.2, 0.25) is 0 Å². The van der Waals surface area contributed by atoms with E-state index in [9.17, 15) is 4.79 Å². The number of carbonyl (C=O) groups excluding carboxylic acids is 1. The third-order valence-electron chi connectivity index (χ3n) is 7.06. The molecular weight excluding hydrogens is 384 g/mol. The van der Waals surface area contributed by atoms with Gasteiger partial charge in [0, 0.05) is 13.5 Å². The molecule has 0 saturated heterocycles. The Morgan fingerprint density at radius 2 is 1.84 bits per heavy atom. The monoisotopic (exact) mass is 436 g/mol. The second-order valence-corrected chi connectivity index (χ2v) is 8.90. The lowest BCUT2D eigenvalue weighted by molar-refractivity contribution is -0.140. The Balaban J connectivity index is 0.00000212. The van der Waals surface area contributed by atoms with Gasteiger partial charge < -0.3 is 9.47 Å². The summed E-state index contributed by atoms with van der Waals surface area (Å²) in [5, 5.41) is 0. The summed E-state index contributed by atoms with van der Waals surface area (Å²) in [5.41, 5.74) is 1.87. The topological polar surface area (TPSA) is 35.5 Å². The van der Waals surface area contributed by atoms with Crippen molar-refractivity contribution < 1.29 is 14.3 Å². The quantitative estimate of drug-likeness (QED) is 0.175. The van der Waals surface area contributed by atoms with E-state index < -0.39 is 0 Å². The molecule has 31 heavy (non-hydrogen) atoms. The lowest BCUT2D eigenvalue weighted by Crippen LogP contribution is -2.39. The highest BCUT2D eigenvalue weighted by molar-refractivity contribution is 5.69. The molecule has 3 heteroatoms. The molecule has 0 bridgehead atoms. The summed E-state index contributed by atoms with van der Waals surface area (Å²) in [7, 11) is 3.34. The van der Waals surface area contributed by atoms with Gasteiger partial charge in [0.25, 0.3) is 0 Å². The molecule has 0 heterocycles. The van der Waals surface area contributed by atoms with Crippen molar-refractivity contribution in [3.8, 4) is 0 Å². The van der Waals surface area contributed by atoms with Crippen molar-refractivity contribution in [1.82, 2.24) is 0 Å². The lowest BCUT2D eigenvalue weighted by atomic mass is 9.65. The highest BCUT2D eigenvalue weighted by Gasteiger charge is 2.39. The van der Waals surface area contributed by atoms with Crippen LogP contribution < -0.4 is 0 Å². The SMILES string of the molecule is C=C1CC[C@H](CCCC(OC)C2(C)CCC2)[C@H]1C/C=C\CCCC(=O)OC.CC.CC. The van der Waals surface area contributed by atoms with E-state index in [1.807, 2.05) is 34.8 Å². The second-order valence-electron chi connectivity index (χ2n) is 8.90. The fraction of sp³-hybridized carbons (Fsp3) is 0.821. The molecule has 0 aromatic carbocycles. The molecule has 3 nitrogen and oxygen atoms in total. The van der Waals surface area contributed by atoms with Crippen LogP contribution in [0.15, 0.2) is 24.3 Å². The molecule has 2 saturated carbocycles. The van der Waals surface area contributed by atoms with Crippen LogP contribution in [0, 0.1) is 17.3 Å². The molecule has 2 rings (SSSR count). The molecule has 2 fully saturated rings. The van der Waals surface area contributed by atoms with Crippen LogP contribution in [-0.2, 0) is 14.3 Å². The maximum absolute atomic E-state index is 11.1. The minimum atomic E-state index is -0.113. The minimum absolute atomic E-state index is 0.113. The molecule has 2 aliphatic rings. The number of hydrogen-bond acceptors (Lipinski definition) is 3. The van der Waals surface area contributed by atoms with Gasteiger partial charge in [-0.2, -0.15) is 0 Å².